The molecule has 5 rings (SSSR count). The van der Waals surface area contributed by atoms with E-state index in [1.165, 1.54) is 30.4 Å². The zero-order valence-electron chi connectivity index (χ0n) is 25.8. The van der Waals surface area contributed by atoms with E-state index in [1.807, 2.05) is 36.4 Å². The first kappa shape index (κ1) is 32.1. The number of nitrogens with zero attached hydrogens (tertiary/aromatic N) is 1. The van der Waals surface area contributed by atoms with Crippen LogP contribution in [0.3, 0.4) is 0 Å². The molecule has 0 bridgehead atoms. The van der Waals surface area contributed by atoms with E-state index in [1.54, 1.807) is 0 Å². The van der Waals surface area contributed by atoms with Gasteiger partial charge >= 0.3 is 5.97 Å². The van der Waals surface area contributed by atoms with Gasteiger partial charge < -0.3 is 19.3 Å². The van der Waals surface area contributed by atoms with Gasteiger partial charge in [-0.15, -0.1) is 0 Å². The van der Waals surface area contributed by atoms with Crippen LogP contribution < -0.4 is 0 Å². The van der Waals surface area contributed by atoms with E-state index in [0.717, 1.165) is 37.1 Å². The van der Waals surface area contributed by atoms with Crippen LogP contribution in [0.5, 0.6) is 0 Å². The van der Waals surface area contributed by atoms with Gasteiger partial charge in [0.05, 0.1) is 25.4 Å². The Morgan fingerprint density at radius 2 is 1.45 bits per heavy atom. The maximum absolute atomic E-state index is 12.1. The second kappa shape index (κ2) is 17.3. The van der Waals surface area contributed by atoms with Gasteiger partial charge in [-0.3, -0.25) is 9.69 Å². The molecule has 4 atom stereocenters. The van der Waals surface area contributed by atoms with Crippen molar-refractivity contribution in [3.63, 3.8) is 0 Å². The molecule has 0 unspecified atom stereocenters. The normalized spacial score (nSPS) is 22.4. The lowest BCUT2D eigenvalue weighted by Crippen LogP contribution is -2.47. The maximum atomic E-state index is 12.1. The highest BCUT2D eigenvalue weighted by Gasteiger charge is 2.45. The van der Waals surface area contributed by atoms with E-state index in [-0.39, 0.29) is 36.9 Å². The third-order valence-corrected chi connectivity index (χ3v) is 8.88. The lowest BCUT2D eigenvalue weighted by molar-refractivity contribution is -0.157. The summed E-state index contributed by atoms with van der Waals surface area (Å²) in [5.74, 6) is 0.0140. The molecule has 1 saturated heterocycles. The molecule has 1 N–H and O–H groups in total. The van der Waals surface area contributed by atoms with E-state index in [4.69, 9.17) is 14.2 Å². The van der Waals surface area contributed by atoms with Gasteiger partial charge in [-0.05, 0) is 67.4 Å². The second-order valence-electron chi connectivity index (χ2n) is 12.0. The molecule has 6 nitrogen and oxygen atoms in total. The Bertz CT molecular complexity index is 1270. The van der Waals surface area contributed by atoms with Crippen molar-refractivity contribution in [1.29, 1.82) is 0 Å². The number of esters is 1. The van der Waals surface area contributed by atoms with Gasteiger partial charge in [-0.2, -0.15) is 0 Å². The molecule has 2 aliphatic rings. The first-order chi connectivity index (χ1) is 21.7. The summed E-state index contributed by atoms with van der Waals surface area (Å²) in [4.78, 5) is 14.6. The molecule has 0 aromatic heterocycles. The molecule has 3 aromatic carbocycles. The van der Waals surface area contributed by atoms with Crippen molar-refractivity contribution in [2.75, 3.05) is 19.9 Å². The predicted octanol–water partition coefficient (Wildman–Crippen LogP) is 7.31. The van der Waals surface area contributed by atoms with E-state index in [2.05, 4.69) is 65.6 Å². The average molecular weight is 598 g/mol. The van der Waals surface area contributed by atoms with Crippen molar-refractivity contribution in [2.45, 2.75) is 82.8 Å². The molecule has 2 fully saturated rings. The molecule has 234 valence electrons. The van der Waals surface area contributed by atoms with Gasteiger partial charge in [0.2, 0.25) is 0 Å². The Balaban J connectivity index is 1.08. The van der Waals surface area contributed by atoms with Gasteiger partial charge in [0, 0.05) is 24.8 Å². The van der Waals surface area contributed by atoms with Gasteiger partial charge in [0.1, 0.15) is 0 Å². The van der Waals surface area contributed by atoms with Crippen molar-refractivity contribution in [1.82, 2.24) is 4.90 Å². The number of carbonyl (C=O) groups is 1. The van der Waals surface area contributed by atoms with Gasteiger partial charge in [-0.1, -0.05) is 104 Å². The van der Waals surface area contributed by atoms with Crippen LogP contribution in [-0.2, 0) is 32.2 Å². The van der Waals surface area contributed by atoms with Gasteiger partial charge in [0.15, 0.2) is 6.79 Å². The highest BCUT2D eigenvalue weighted by molar-refractivity contribution is 5.69. The summed E-state index contributed by atoms with van der Waals surface area (Å²) in [6, 6.07) is 29.0. The minimum absolute atomic E-state index is 0.0185. The maximum Gasteiger partial charge on any atom is 0.308 e. The van der Waals surface area contributed by atoms with Crippen LogP contribution in [0.1, 0.15) is 62.5 Å². The smallest absolute Gasteiger partial charge is 0.308 e. The van der Waals surface area contributed by atoms with Crippen LogP contribution in [0.15, 0.2) is 97.1 Å². The number of carbonyl (C=O) groups excluding carboxylic acids is 1. The molecule has 1 saturated carbocycles. The minimum atomic E-state index is -0.369. The predicted molar refractivity (Wildman–Crippen MR) is 174 cm³/mol. The number of benzene rings is 3. The zero-order chi connectivity index (χ0) is 30.4. The van der Waals surface area contributed by atoms with Crippen LogP contribution in [0.2, 0.25) is 0 Å². The Labute approximate surface area is 262 Å². The molecule has 44 heavy (non-hydrogen) atoms. The summed E-state index contributed by atoms with van der Waals surface area (Å²) in [5.41, 5.74) is 4.61. The molecule has 0 radical (unpaired) electrons. The van der Waals surface area contributed by atoms with Crippen molar-refractivity contribution in [2.24, 2.45) is 5.92 Å². The lowest BCUT2D eigenvalue weighted by Gasteiger charge is -2.38. The average Bonchev–Trinajstić information content (AvgIpc) is 3.39. The first-order valence-corrected chi connectivity index (χ1v) is 16.3. The molecule has 0 spiro atoms. The Hall–Kier alpha value is -3.29. The zero-order valence-corrected chi connectivity index (χ0v) is 25.8. The number of piperidine rings is 1. The summed E-state index contributed by atoms with van der Waals surface area (Å²) in [6.45, 7) is 3.05. The molecule has 1 heterocycles. The fourth-order valence-electron chi connectivity index (χ4n) is 6.60. The van der Waals surface area contributed by atoms with Gasteiger partial charge in [0.25, 0.3) is 0 Å². The third-order valence-electron chi connectivity index (χ3n) is 8.88. The van der Waals surface area contributed by atoms with Crippen molar-refractivity contribution < 1.29 is 24.1 Å². The monoisotopic (exact) mass is 597 g/mol. The third kappa shape index (κ3) is 9.60. The summed E-state index contributed by atoms with van der Waals surface area (Å²) < 4.78 is 17.2. The van der Waals surface area contributed by atoms with Crippen LogP contribution in [-0.4, -0.2) is 54.1 Å². The van der Waals surface area contributed by atoms with Crippen molar-refractivity contribution in [3.8, 4) is 11.1 Å². The minimum Gasteiger partial charge on any atom is -0.438 e. The van der Waals surface area contributed by atoms with E-state index >= 15 is 0 Å². The molecule has 1 aliphatic carbocycles. The standard InChI is InChI=1S/C38H47NO5/c40-35-26-36(43-28-31-20-22-33(23-21-31)32-16-8-4-9-17-32)34(38(35)39-24-12-5-13-25-39)18-10-1-2-11-19-37(41)44-29-42-27-30-14-6-3-7-15-30/h1-4,6-9,14-17,20-23,34-36,38,40H,5,10-13,18-19,24-29H2/b2-1-/t34-,35-,36-,38+/m0/s1. The number of likely N-dealkylation sites (tertiary alicyclic amines) is 1. The summed E-state index contributed by atoms with van der Waals surface area (Å²) in [7, 11) is 0. The summed E-state index contributed by atoms with van der Waals surface area (Å²) in [6.07, 6.45) is 11.0. The number of rotatable bonds is 15. The summed E-state index contributed by atoms with van der Waals surface area (Å²) >= 11 is 0. The van der Waals surface area contributed by atoms with Crippen LogP contribution in [0, 0.1) is 5.92 Å². The molecule has 3 aromatic rings. The summed E-state index contributed by atoms with van der Waals surface area (Å²) in [5, 5.41) is 11.2. The molecule has 6 heteroatoms. The fraction of sp³-hybridized carbons (Fsp3) is 0.447. The van der Waals surface area contributed by atoms with Crippen LogP contribution in [0.25, 0.3) is 11.1 Å². The highest BCUT2D eigenvalue weighted by atomic mass is 16.7. The van der Waals surface area contributed by atoms with Gasteiger partial charge in [-0.25, -0.2) is 0 Å². The number of aliphatic hydroxyl groups excluding tert-OH is 1. The second-order valence-corrected chi connectivity index (χ2v) is 12.0. The highest BCUT2D eigenvalue weighted by Crippen LogP contribution is 2.38. The SMILES string of the molecule is O=C(CC/C=C\CC[C@@H]1[C@@H](N2CCCCC2)[C@@H](O)C[C@@H]1OCc1ccc(-c2ccccc2)cc1)OCOCc1ccccc1. The van der Waals surface area contributed by atoms with Crippen LogP contribution >= 0.6 is 0 Å². The van der Waals surface area contributed by atoms with E-state index < -0.39 is 0 Å². The molecular weight excluding hydrogens is 550 g/mol. The number of allylic oxidation sites excluding steroid dienone is 2. The van der Waals surface area contributed by atoms with Crippen LogP contribution in [0.4, 0.5) is 0 Å². The fourth-order valence-corrected chi connectivity index (χ4v) is 6.60. The van der Waals surface area contributed by atoms with E-state index in [9.17, 15) is 9.90 Å². The topological polar surface area (TPSA) is 68.2 Å². The molecular formula is C38H47NO5. The quantitative estimate of drug-likeness (QED) is 0.0858. The lowest BCUT2D eigenvalue weighted by atomic mass is 9.92. The van der Waals surface area contributed by atoms with E-state index in [0.29, 0.717) is 32.5 Å². The number of hydrogen-bond acceptors (Lipinski definition) is 6. The number of hydrogen-bond donors (Lipinski definition) is 1. The van der Waals surface area contributed by atoms with Crippen molar-refractivity contribution in [3.05, 3.63) is 108 Å². The molecule has 0 amide bonds. The number of aliphatic hydroxyl groups is 1. The Morgan fingerprint density at radius 1 is 0.795 bits per heavy atom. The Kier molecular flexibility index (Phi) is 12.6. The molecule has 1 aliphatic heterocycles. The first-order valence-electron chi connectivity index (χ1n) is 16.3. The van der Waals surface area contributed by atoms with Crippen molar-refractivity contribution >= 4 is 5.97 Å². The largest absolute Gasteiger partial charge is 0.438 e. The number of ether oxygens (including phenoxy) is 3. The Morgan fingerprint density at radius 3 is 2.20 bits per heavy atom.